The molecule has 0 aliphatic heterocycles. The lowest BCUT2D eigenvalue weighted by molar-refractivity contribution is 0.0525. The predicted octanol–water partition coefficient (Wildman–Crippen LogP) is 0.801. The van der Waals surface area contributed by atoms with Crippen LogP contribution >= 0.6 is 0 Å². The molecule has 0 aliphatic carbocycles. The molecule has 100 valence electrons. The number of carbonyl (C=O) groups excluding carboxylic acids is 1. The third-order valence-corrected chi connectivity index (χ3v) is 2.67. The van der Waals surface area contributed by atoms with Gasteiger partial charge in [0, 0.05) is 12.7 Å². The molecule has 0 unspecified atom stereocenters. The zero-order valence-electron chi connectivity index (χ0n) is 10.6. The van der Waals surface area contributed by atoms with Crippen LogP contribution in [-0.4, -0.2) is 22.4 Å². The van der Waals surface area contributed by atoms with Gasteiger partial charge in [0.25, 0.3) is 5.56 Å². The molecule has 1 aromatic heterocycles. The highest BCUT2D eigenvalue weighted by molar-refractivity contribution is 5.88. The van der Waals surface area contributed by atoms with Gasteiger partial charge in [-0.15, -0.1) is 0 Å². The van der Waals surface area contributed by atoms with E-state index in [9.17, 15) is 9.59 Å². The first kappa shape index (κ1) is 13.1. The van der Waals surface area contributed by atoms with Gasteiger partial charge >= 0.3 is 5.97 Å². The van der Waals surface area contributed by atoms with Gasteiger partial charge in [-0.1, -0.05) is 12.1 Å². The van der Waals surface area contributed by atoms with E-state index in [0.717, 1.165) is 5.56 Å². The SMILES string of the molecule is CCOC(=O)c1c[nH]n(-c2cccc(CN)c2)c1=O. The molecule has 1 heterocycles. The summed E-state index contributed by atoms with van der Waals surface area (Å²) in [6.45, 7) is 2.30. The van der Waals surface area contributed by atoms with E-state index in [4.69, 9.17) is 10.5 Å². The zero-order valence-corrected chi connectivity index (χ0v) is 10.6. The van der Waals surface area contributed by atoms with Crippen LogP contribution in [0.15, 0.2) is 35.3 Å². The first-order valence-electron chi connectivity index (χ1n) is 5.94. The van der Waals surface area contributed by atoms with Crippen LogP contribution in [0.4, 0.5) is 0 Å². The first-order chi connectivity index (χ1) is 9.17. The predicted molar refractivity (Wildman–Crippen MR) is 70.2 cm³/mol. The van der Waals surface area contributed by atoms with Crippen molar-refractivity contribution in [2.45, 2.75) is 13.5 Å². The Morgan fingerprint density at radius 3 is 2.95 bits per heavy atom. The number of nitrogens with two attached hydrogens (primary N) is 1. The highest BCUT2D eigenvalue weighted by Gasteiger charge is 2.16. The molecule has 6 nitrogen and oxygen atoms in total. The minimum atomic E-state index is -0.627. The summed E-state index contributed by atoms with van der Waals surface area (Å²) in [5.74, 6) is -0.627. The van der Waals surface area contributed by atoms with Crippen molar-refractivity contribution in [3.05, 3.63) is 51.9 Å². The lowest BCUT2D eigenvalue weighted by Crippen LogP contribution is -2.21. The van der Waals surface area contributed by atoms with E-state index in [1.807, 2.05) is 6.07 Å². The Morgan fingerprint density at radius 1 is 1.47 bits per heavy atom. The second kappa shape index (κ2) is 5.53. The molecule has 0 radical (unpaired) electrons. The van der Waals surface area contributed by atoms with E-state index < -0.39 is 11.5 Å². The minimum absolute atomic E-state index is 0.0139. The number of nitrogens with one attached hydrogen (secondary N) is 1. The fourth-order valence-corrected chi connectivity index (χ4v) is 1.74. The molecule has 2 rings (SSSR count). The number of esters is 1. The lowest BCUT2D eigenvalue weighted by Gasteiger charge is -2.03. The van der Waals surface area contributed by atoms with Crippen LogP contribution in [-0.2, 0) is 11.3 Å². The van der Waals surface area contributed by atoms with Gasteiger partial charge in [0.2, 0.25) is 0 Å². The molecule has 0 saturated carbocycles. The van der Waals surface area contributed by atoms with E-state index >= 15 is 0 Å². The van der Waals surface area contributed by atoms with Gasteiger partial charge in [-0.25, -0.2) is 9.48 Å². The van der Waals surface area contributed by atoms with Crippen LogP contribution in [0.25, 0.3) is 5.69 Å². The fraction of sp³-hybridized carbons (Fsp3) is 0.231. The summed E-state index contributed by atoms with van der Waals surface area (Å²) in [5.41, 5.74) is 6.63. The Hall–Kier alpha value is -2.34. The van der Waals surface area contributed by atoms with E-state index in [-0.39, 0.29) is 12.2 Å². The van der Waals surface area contributed by atoms with Crippen molar-refractivity contribution in [2.24, 2.45) is 5.73 Å². The van der Waals surface area contributed by atoms with E-state index in [0.29, 0.717) is 12.2 Å². The average Bonchev–Trinajstić information content (AvgIpc) is 2.81. The van der Waals surface area contributed by atoms with Crippen LogP contribution in [0.2, 0.25) is 0 Å². The van der Waals surface area contributed by atoms with Crippen molar-refractivity contribution >= 4 is 5.97 Å². The number of H-pyrrole nitrogens is 1. The maximum absolute atomic E-state index is 12.1. The molecule has 0 atom stereocenters. The number of aromatic amines is 1. The third kappa shape index (κ3) is 2.58. The minimum Gasteiger partial charge on any atom is -0.462 e. The van der Waals surface area contributed by atoms with Crippen LogP contribution in [0.1, 0.15) is 22.8 Å². The molecule has 0 aliphatic rings. The van der Waals surface area contributed by atoms with Crippen molar-refractivity contribution in [3.63, 3.8) is 0 Å². The summed E-state index contributed by atoms with van der Waals surface area (Å²) >= 11 is 0. The molecule has 1 aromatic carbocycles. The van der Waals surface area contributed by atoms with E-state index in [1.54, 1.807) is 25.1 Å². The van der Waals surface area contributed by atoms with Crippen molar-refractivity contribution < 1.29 is 9.53 Å². The summed E-state index contributed by atoms with van der Waals surface area (Å²) in [6.07, 6.45) is 1.34. The molecule has 3 N–H and O–H groups in total. The summed E-state index contributed by atoms with van der Waals surface area (Å²) in [7, 11) is 0. The van der Waals surface area contributed by atoms with Crippen LogP contribution in [0.3, 0.4) is 0 Å². The largest absolute Gasteiger partial charge is 0.462 e. The monoisotopic (exact) mass is 261 g/mol. The van der Waals surface area contributed by atoms with Crippen molar-refractivity contribution in [1.29, 1.82) is 0 Å². The Bertz CT molecular complexity index is 643. The van der Waals surface area contributed by atoms with Gasteiger partial charge in [-0.2, -0.15) is 0 Å². The van der Waals surface area contributed by atoms with Gasteiger partial charge in [0.05, 0.1) is 12.3 Å². The second-order valence-corrected chi connectivity index (χ2v) is 3.92. The van der Waals surface area contributed by atoms with Gasteiger partial charge in [-0.3, -0.25) is 9.89 Å². The first-order valence-corrected chi connectivity index (χ1v) is 5.94. The normalized spacial score (nSPS) is 10.4. The van der Waals surface area contributed by atoms with Crippen LogP contribution in [0, 0.1) is 0 Å². The Labute approximate surface area is 109 Å². The number of aromatic nitrogens is 2. The Morgan fingerprint density at radius 2 is 2.26 bits per heavy atom. The zero-order chi connectivity index (χ0) is 13.8. The van der Waals surface area contributed by atoms with Crippen molar-refractivity contribution in [1.82, 2.24) is 9.78 Å². The standard InChI is InChI=1S/C13H15N3O3/c1-2-19-13(18)11-8-15-16(12(11)17)10-5-3-4-9(6-10)7-14/h3-6,8,15H,2,7,14H2,1H3. The van der Waals surface area contributed by atoms with Crippen LogP contribution in [0.5, 0.6) is 0 Å². The molecule has 2 aromatic rings. The highest BCUT2D eigenvalue weighted by Crippen LogP contribution is 2.08. The number of ether oxygens (including phenoxy) is 1. The number of carbonyl (C=O) groups is 1. The molecule has 0 amide bonds. The van der Waals surface area contributed by atoms with Gasteiger partial charge in [-0.05, 0) is 24.6 Å². The van der Waals surface area contributed by atoms with Gasteiger partial charge in [0.15, 0.2) is 0 Å². The maximum atomic E-state index is 12.1. The van der Waals surface area contributed by atoms with Crippen LogP contribution < -0.4 is 11.3 Å². The topological polar surface area (TPSA) is 90.1 Å². The number of nitrogens with zero attached hydrogens (tertiary/aromatic N) is 1. The van der Waals surface area contributed by atoms with Crippen molar-refractivity contribution in [3.8, 4) is 5.69 Å². The molecular formula is C13H15N3O3. The quantitative estimate of drug-likeness (QED) is 0.796. The molecule has 0 saturated heterocycles. The third-order valence-electron chi connectivity index (χ3n) is 2.67. The van der Waals surface area contributed by atoms with E-state index in [1.165, 1.54) is 10.9 Å². The molecule has 0 fully saturated rings. The molecule has 6 heteroatoms. The summed E-state index contributed by atoms with van der Waals surface area (Å²) in [4.78, 5) is 23.6. The average molecular weight is 261 g/mol. The molecule has 19 heavy (non-hydrogen) atoms. The van der Waals surface area contributed by atoms with E-state index in [2.05, 4.69) is 5.10 Å². The van der Waals surface area contributed by atoms with Gasteiger partial charge < -0.3 is 10.5 Å². The Kier molecular flexibility index (Phi) is 3.82. The number of rotatable bonds is 4. The molecular weight excluding hydrogens is 246 g/mol. The summed E-state index contributed by atoms with van der Waals surface area (Å²) in [5, 5.41) is 2.74. The number of hydrogen-bond donors (Lipinski definition) is 2. The summed E-state index contributed by atoms with van der Waals surface area (Å²) < 4.78 is 6.09. The Balaban J connectivity index is 2.41. The maximum Gasteiger partial charge on any atom is 0.345 e. The number of benzene rings is 1. The van der Waals surface area contributed by atoms with Crippen molar-refractivity contribution in [2.75, 3.05) is 6.61 Å². The smallest absolute Gasteiger partial charge is 0.345 e. The highest BCUT2D eigenvalue weighted by atomic mass is 16.5. The van der Waals surface area contributed by atoms with Gasteiger partial charge in [0.1, 0.15) is 5.56 Å². The second-order valence-electron chi connectivity index (χ2n) is 3.92. The number of hydrogen-bond acceptors (Lipinski definition) is 4. The fourth-order valence-electron chi connectivity index (χ4n) is 1.74. The summed E-state index contributed by atoms with van der Waals surface area (Å²) in [6, 6.07) is 7.21. The lowest BCUT2D eigenvalue weighted by atomic mass is 10.2. The molecule has 0 bridgehead atoms. The molecule has 0 spiro atoms.